The predicted molar refractivity (Wildman–Crippen MR) is 144 cm³/mol. The number of aromatic hydroxyl groups is 1. The van der Waals surface area contributed by atoms with Gasteiger partial charge in [-0.3, -0.25) is 28.9 Å². The van der Waals surface area contributed by atoms with Gasteiger partial charge in [-0.15, -0.1) is 0 Å². The smallest absolute Gasteiger partial charge is 0.305 e. The monoisotopic (exact) mass is 546 g/mol. The first-order valence-electron chi connectivity index (χ1n) is 12.3. The van der Waals surface area contributed by atoms with E-state index in [1.54, 1.807) is 42.5 Å². The number of rotatable bonds is 8. The van der Waals surface area contributed by atoms with Crippen LogP contribution < -0.4 is 20.4 Å². The molecule has 1 aliphatic rings. The Morgan fingerprint density at radius 2 is 1.70 bits per heavy atom. The average Bonchev–Trinajstić information content (AvgIpc) is 3.02. The zero-order valence-corrected chi connectivity index (χ0v) is 21.4. The van der Waals surface area contributed by atoms with Gasteiger partial charge in [-0.25, -0.2) is 0 Å². The third-order valence-electron chi connectivity index (χ3n) is 6.37. The van der Waals surface area contributed by atoms with Gasteiger partial charge in [-0.1, -0.05) is 24.3 Å². The summed E-state index contributed by atoms with van der Waals surface area (Å²) in [7, 11) is 0. The molecule has 0 aromatic heterocycles. The second-order valence-corrected chi connectivity index (χ2v) is 9.22. The summed E-state index contributed by atoms with van der Waals surface area (Å²) in [6.45, 7) is 0.492. The Morgan fingerprint density at radius 3 is 2.38 bits per heavy atom. The molecule has 1 aliphatic heterocycles. The van der Waals surface area contributed by atoms with Crippen molar-refractivity contribution in [2.24, 2.45) is 0 Å². The van der Waals surface area contributed by atoms with Gasteiger partial charge in [0.2, 0.25) is 11.8 Å². The Balaban J connectivity index is 1.64. The number of carbonyl (C=O) groups is 6. The molecule has 3 aromatic rings. The summed E-state index contributed by atoms with van der Waals surface area (Å²) in [5, 5.41) is 25.0. The van der Waals surface area contributed by atoms with E-state index in [-0.39, 0.29) is 29.8 Å². The zero-order valence-electron chi connectivity index (χ0n) is 21.4. The molecule has 12 heteroatoms. The highest BCUT2D eigenvalue weighted by Gasteiger charge is 2.37. The van der Waals surface area contributed by atoms with Crippen molar-refractivity contribution in [1.82, 2.24) is 10.6 Å². The van der Waals surface area contributed by atoms with Crippen LogP contribution in [0, 0.1) is 0 Å². The lowest BCUT2D eigenvalue weighted by molar-refractivity contribution is -0.139. The van der Waals surface area contributed by atoms with Crippen LogP contribution in [0.1, 0.15) is 23.7 Å². The number of nitrogens with zero attached hydrogens (tertiary/aromatic N) is 2. The highest BCUT2D eigenvalue weighted by Crippen LogP contribution is 2.33. The molecule has 4 amide bonds. The van der Waals surface area contributed by atoms with E-state index in [2.05, 4.69) is 10.6 Å². The standard InChI is InChI=1S/C28H26N4O8/c1-16(34)31-13-22(30-27(39)19-7-6-18-11-21(35)9-8-17(18)10-19)28(40)32(24-5-3-2-4-23(24)31)14-25(36)29-20(15-33)12-26(37)38/h2-11,15,20,22,35H,12-14H2,1H3,(H,29,36)(H,30,39)(H,37,38). The molecule has 206 valence electrons. The summed E-state index contributed by atoms with van der Waals surface area (Å²) in [5.41, 5.74) is 0.783. The Bertz CT molecular complexity index is 1520. The van der Waals surface area contributed by atoms with Gasteiger partial charge in [0.05, 0.1) is 30.4 Å². The molecular weight excluding hydrogens is 520 g/mol. The SMILES string of the molecule is CC(=O)N1CC(NC(=O)c2ccc3cc(O)ccc3c2)C(=O)N(CC(=O)NC(C=O)CC(=O)O)c2ccccc21. The molecule has 0 spiro atoms. The summed E-state index contributed by atoms with van der Waals surface area (Å²) < 4.78 is 0. The number of nitrogens with one attached hydrogen (secondary N) is 2. The van der Waals surface area contributed by atoms with Crippen molar-refractivity contribution in [3.63, 3.8) is 0 Å². The van der Waals surface area contributed by atoms with Crippen LogP contribution in [0.25, 0.3) is 10.8 Å². The summed E-state index contributed by atoms with van der Waals surface area (Å²) in [5.74, 6) is -3.72. The van der Waals surface area contributed by atoms with Crippen LogP contribution >= 0.6 is 0 Å². The van der Waals surface area contributed by atoms with Gasteiger partial charge in [-0.05, 0) is 47.2 Å². The van der Waals surface area contributed by atoms with Gasteiger partial charge in [0.25, 0.3) is 11.8 Å². The van der Waals surface area contributed by atoms with Crippen molar-refractivity contribution in [3.8, 4) is 5.75 Å². The Kier molecular flexibility index (Phi) is 8.08. The molecule has 12 nitrogen and oxygen atoms in total. The van der Waals surface area contributed by atoms with Crippen LogP contribution in [0.5, 0.6) is 5.75 Å². The quantitative estimate of drug-likeness (QED) is 0.305. The third kappa shape index (κ3) is 6.07. The van der Waals surface area contributed by atoms with Crippen molar-refractivity contribution in [1.29, 1.82) is 0 Å². The second-order valence-electron chi connectivity index (χ2n) is 9.22. The molecule has 0 fully saturated rings. The molecule has 4 rings (SSSR count). The van der Waals surface area contributed by atoms with Gasteiger partial charge >= 0.3 is 5.97 Å². The third-order valence-corrected chi connectivity index (χ3v) is 6.37. The molecule has 4 N–H and O–H groups in total. The first kappa shape index (κ1) is 27.8. The van der Waals surface area contributed by atoms with Crippen molar-refractivity contribution >= 4 is 58.0 Å². The van der Waals surface area contributed by atoms with Gasteiger partial charge in [-0.2, -0.15) is 0 Å². The normalized spacial score (nSPS) is 15.5. The Morgan fingerprint density at radius 1 is 1.02 bits per heavy atom. The first-order chi connectivity index (χ1) is 19.1. The lowest BCUT2D eigenvalue weighted by Crippen LogP contribution is -2.54. The summed E-state index contributed by atoms with van der Waals surface area (Å²) in [6, 6.07) is 13.3. The van der Waals surface area contributed by atoms with E-state index in [9.17, 15) is 33.9 Å². The highest BCUT2D eigenvalue weighted by molar-refractivity contribution is 6.11. The van der Waals surface area contributed by atoms with Crippen LogP contribution in [0.3, 0.4) is 0 Å². The maximum Gasteiger partial charge on any atom is 0.305 e. The van der Waals surface area contributed by atoms with E-state index in [1.165, 1.54) is 30.0 Å². The largest absolute Gasteiger partial charge is 0.508 e. The van der Waals surface area contributed by atoms with Crippen molar-refractivity contribution < 1.29 is 39.0 Å². The average molecular weight is 547 g/mol. The molecule has 40 heavy (non-hydrogen) atoms. The molecule has 2 atom stereocenters. The number of fused-ring (bicyclic) bond motifs is 2. The second kappa shape index (κ2) is 11.6. The molecule has 0 aliphatic carbocycles. The van der Waals surface area contributed by atoms with E-state index in [4.69, 9.17) is 5.11 Å². The van der Waals surface area contributed by atoms with Gasteiger partial charge < -0.3 is 30.5 Å². The highest BCUT2D eigenvalue weighted by atomic mass is 16.4. The molecule has 1 heterocycles. The van der Waals surface area contributed by atoms with Crippen molar-refractivity contribution in [2.45, 2.75) is 25.4 Å². The lowest BCUT2D eigenvalue weighted by Gasteiger charge is -2.25. The Hall–Kier alpha value is -5.26. The fraction of sp³-hybridized carbons (Fsp3) is 0.214. The zero-order chi connectivity index (χ0) is 29.0. The number of amides is 4. The van der Waals surface area contributed by atoms with Crippen LogP contribution in [-0.2, 0) is 24.0 Å². The van der Waals surface area contributed by atoms with E-state index in [0.29, 0.717) is 16.5 Å². The fourth-order valence-electron chi connectivity index (χ4n) is 4.49. The number of carboxylic acid groups (broad SMARTS) is 1. The van der Waals surface area contributed by atoms with Crippen LogP contribution in [-0.4, -0.2) is 71.3 Å². The molecule has 0 radical (unpaired) electrons. The summed E-state index contributed by atoms with van der Waals surface area (Å²) >= 11 is 0. The maximum atomic E-state index is 13.8. The van der Waals surface area contributed by atoms with Crippen LogP contribution in [0.2, 0.25) is 0 Å². The van der Waals surface area contributed by atoms with E-state index >= 15 is 0 Å². The lowest BCUT2D eigenvalue weighted by atomic mass is 10.1. The molecule has 0 bridgehead atoms. The minimum absolute atomic E-state index is 0.0733. The maximum absolute atomic E-state index is 13.8. The number of hydrogen-bond donors (Lipinski definition) is 4. The first-order valence-corrected chi connectivity index (χ1v) is 12.3. The molecule has 3 aromatic carbocycles. The topological polar surface area (TPSA) is 173 Å². The number of para-hydroxylation sites is 2. The van der Waals surface area contributed by atoms with Crippen LogP contribution in [0.4, 0.5) is 11.4 Å². The fourth-order valence-corrected chi connectivity index (χ4v) is 4.49. The summed E-state index contributed by atoms with van der Waals surface area (Å²) in [4.78, 5) is 77.0. The Labute approximate surface area is 228 Å². The minimum Gasteiger partial charge on any atom is -0.508 e. The van der Waals surface area contributed by atoms with E-state index in [0.717, 1.165) is 4.90 Å². The number of benzene rings is 3. The molecule has 2 unspecified atom stereocenters. The number of carboxylic acids is 1. The number of carbonyl (C=O) groups excluding carboxylic acids is 5. The molecule has 0 saturated heterocycles. The number of phenols is 1. The number of aldehydes is 1. The number of aliphatic carboxylic acids is 1. The van der Waals surface area contributed by atoms with Gasteiger partial charge in [0.1, 0.15) is 24.6 Å². The van der Waals surface area contributed by atoms with E-state index < -0.39 is 54.6 Å². The predicted octanol–water partition coefficient (Wildman–Crippen LogP) is 1.20. The summed E-state index contributed by atoms with van der Waals surface area (Å²) in [6.07, 6.45) is -0.350. The van der Waals surface area contributed by atoms with Gasteiger partial charge in [0, 0.05) is 12.5 Å². The molecular formula is C28H26N4O8. The van der Waals surface area contributed by atoms with Gasteiger partial charge in [0.15, 0.2) is 0 Å². The van der Waals surface area contributed by atoms with Crippen molar-refractivity contribution in [3.05, 3.63) is 66.2 Å². The van der Waals surface area contributed by atoms with Crippen molar-refractivity contribution in [2.75, 3.05) is 22.9 Å². The molecule has 0 saturated carbocycles. The number of hydrogen-bond acceptors (Lipinski definition) is 7. The van der Waals surface area contributed by atoms with Crippen LogP contribution in [0.15, 0.2) is 60.7 Å². The van der Waals surface area contributed by atoms with E-state index in [1.807, 2.05) is 0 Å². The minimum atomic E-state index is -1.30. The number of anilines is 2. The number of phenolic OH excluding ortho intramolecular Hbond substituents is 1.